The average Bonchev–Trinajstić information content (AvgIpc) is 2.44. The first-order chi connectivity index (χ1) is 9.80. The van der Waals surface area contributed by atoms with Crippen molar-refractivity contribution in [2.24, 2.45) is 0 Å². The quantitative estimate of drug-likeness (QED) is 0.610. The Kier molecular flexibility index (Phi) is 4.19. The van der Waals surface area contributed by atoms with Crippen molar-refractivity contribution in [2.45, 2.75) is 43.8 Å². The minimum atomic E-state index is 0.124. The lowest BCUT2D eigenvalue weighted by atomic mass is 9.74. The minimum Gasteiger partial charge on any atom is -0.490 e. The number of rotatable bonds is 2. The zero-order chi connectivity index (χ0) is 13.8. The van der Waals surface area contributed by atoms with E-state index in [0.29, 0.717) is 5.88 Å². The van der Waals surface area contributed by atoms with E-state index < -0.39 is 0 Å². The third kappa shape index (κ3) is 3.11. The van der Waals surface area contributed by atoms with Crippen LogP contribution in [0.2, 0.25) is 0 Å². The molecule has 1 atom stereocenters. The van der Waals surface area contributed by atoms with Crippen molar-refractivity contribution < 1.29 is 9.47 Å². The normalized spacial score (nSPS) is 23.6. The van der Waals surface area contributed by atoms with E-state index in [1.165, 1.54) is 19.3 Å². The van der Waals surface area contributed by atoms with Crippen molar-refractivity contribution >= 4 is 11.6 Å². The van der Waals surface area contributed by atoms with E-state index in [1.807, 2.05) is 24.3 Å². The Morgan fingerprint density at radius 3 is 3.05 bits per heavy atom. The third-order valence-electron chi connectivity index (χ3n) is 4.15. The molecular weight excluding hydrogens is 272 g/mol. The largest absolute Gasteiger partial charge is 0.490 e. The van der Waals surface area contributed by atoms with E-state index in [9.17, 15) is 0 Å². The smallest absolute Gasteiger partial charge is 0.120 e. The molecule has 1 heterocycles. The molecule has 0 N–H and O–H groups in total. The lowest BCUT2D eigenvalue weighted by molar-refractivity contribution is -0.153. The Morgan fingerprint density at radius 2 is 2.30 bits per heavy atom. The van der Waals surface area contributed by atoms with Crippen LogP contribution in [0.15, 0.2) is 24.3 Å². The van der Waals surface area contributed by atoms with Crippen molar-refractivity contribution in [3.05, 3.63) is 29.8 Å². The molecule has 2 fully saturated rings. The summed E-state index contributed by atoms with van der Waals surface area (Å²) in [5, 5.41) is 0. The fraction of sp³-hybridized carbons (Fsp3) is 0.529. The first kappa shape index (κ1) is 13.8. The Morgan fingerprint density at radius 1 is 1.40 bits per heavy atom. The molecule has 106 valence electrons. The standard InChI is InChI=1S/C17H19ClO2/c18-10-2-5-14-4-1-6-15(12-14)20-16-7-11-19-17(13-16)8-3-9-17/h1,4,6,12,16H,3,7-11,13H2. The molecule has 1 saturated carbocycles. The second-order valence-corrected chi connectivity index (χ2v) is 5.85. The van der Waals surface area contributed by atoms with Gasteiger partial charge in [-0.15, -0.1) is 11.6 Å². The summed E-state index contributed by atoms with van der Waals surface area (Å²) in [6.07, 6.45) is 5.92. The highest BCUT2D eigenvalue weighted by atomic mass is 35.5. The molecule has 3 heteroatoms. The van der Waals surface area contributed by atoms with Crippen molar-refractivity contribution in [1.82, 2.24) is 0 Å². The van der Waals surface area contributed by atoms with Crippen molar-refractivity contribution in [3.63, 3.8) is 0 Å². The van der Waals surface area contributed by atoms with E-state index in [-0.39, 0.29) is 11.7 Å². The van der Waals surface area contributed by atoms with Gasteiger partial charge in [-0.3, -0.25) is 0 Å². The molecule has 2 aliphatic rings. The van der Waals surface area contributed by atoms with Crippen LogP contribution in [0.4, 0.5) is 0 Å². The van der Waals surface area contributed by atoms with Gasteiger partial charge in [-0.25, -0.2) is 0 Å². The Hall–Kier alpha value is -1.17. The van der Waals surface area contributed by atoms with E-state index in [4.69, 9.17) is 21.1 Å². The maximum atomic E-state index is 6.13. The van der Waals surface area contributed by atoms with E-state index in [0.717, 1.165) is 30.8 Å². The summed E-state index contributed by atoms with van der Waals surface area (Å²) in [6.45, 7) is 0.816. The van der Waals surface area contributed by atoms with E-state index in [1.54, 1.807) is 0 Å². The Balaban J connectivity index is 1.65. The zero-order valence-electron chi connectivity index (χ0n) is 11.5. The second-order valence-electron chi connectivity index (χ2n) is 5.58. The molecule has 0 radical (unpaired) electrons. The van der Waals surface area contributed by atoms with Gasteiger partial charge in [-0.05, 0) is 37.5 Å². The Labute approximate surface area is 125 Å². The average molecular weight is 291 g/mol. The fourth-order valence-electron chi connectivity index (χ4n) is 2.98. The van der Waals surface area contributed by atoms with Gasteiger partial charge in [0.1, 0.15) is 11.9 Å². The molecule has 1 aliphatic heterocycles. The number of alkyl halides is 1. The summed E-state index contributed by atoms with van der Waals surface area (Å²) in [7, 11) is 0. The summed E-state index contributed by atoms with van der Waals surface area (Å²) in [5.74, 6) is 7.14. The van der Waals surface area contributed by atoms with Crippen LogP contribution < -0.4 is 4.74 Å². The lowest BCUT2D eigenvalue weighted by Crippen LogP contribution is -2.48. The van der Waals surface area contributed by atoms with Crippen LogP contribution in [0.5, 0.6) is 5.75 Å². The van der Waals surface area contributed by atoms with E-state index in [2.05, 4.69) is 11.8 Å². The molecule has 0 amide bonds. The first-order valence-corrected chi connectivity index (χ1v) is 7.79. The summed E-state index contributed by atoms with van der Waals surface area (Å²) in [6, 6.07) is 7.94. The maximum absolute atomic E-state index is 6.13. The number of ether oxygens (including phenoxy) is 2. The van der Waals surface area contributed by atoms with Crippen LogP contribution in [-0.2, 0) is 4.74 Å². The number of halogens is 1. The molecule has 1 saturated heterocycles. The molecule has 1 aromatic rings. The van der Waals surface area contributed by atoms with Gasteiger partial charge >= 0.3 is 0 Å². The molecule has 0 aromatic heterocycles. The molecule has 1 unspecified atom stereocenters. The predicted molar refractivity (Wildman–Crippen MR) is 80.2 cm³/mol. The predicted octanol–water partition coefficient (Wildman–Crippen LogP) is 3.76. The van der Waals surface area contributed by atoms with Crippen molar-refractivity contribution in [2.75, 3.05) is 12.5 Å². The summed E-state index contributed by atoms with van der Waals surface area (Å²) < 4.78 is 12.1. The highest BCUT2D eigenvalue weighted by Crippen LogP contribution is 2.43. The minimum absolute atomic E-state index is 0.124. The van der Waals surface area contributed by atoms with Crippen molar-refractivity contribution in [1.29, 1.82) is 0 Å². The van der Waals surface area contributed by atoms with Crippen molar-refractivity contribution in [3.8, 4) is 17.6 Å². The maximum Gasteiger partial charge on any atom is 0.120 e. The lowest BCUT2D eigenvalue weighted by Gasteiger charge is -2.46. The van der Waals surface area contributed by atoms with Crippen LogP contribution >= 0.6 is 11.6 Å². The first-order valence-electron chi connectivity index (χ1n) is 7.25. The van der Waals surface area contributed by atoms with Crippen LogP contribution in [0, 0.1) is 11.8 Å². The summed E-state index contributed by atoms with van der Waals surface area (Å²) in [4.78, 5) is 0. The van der Waals surface area contributed by atoms with Gasteiger partial charge < -0.3 is 9.47 Å². The van der Waals surface area contributed by atoms with Crippen LogP contribution in [0.1, 0.15) is 37.7 Å². The SMILES string of the molecule is ClCC#Cc1cccc(OC2CCOC3(CCC3)C2)c1. The van der Waals surface area contributed by atoms with Gasteiger partial charge in [-0.2, -0.15) is 0 Å². The monoisotopic (exact) mass is 290 g/mol. The molecule has 20 heavy (non-hydrogen) atoms. The van der Waals surface area contributed by atoms with Crippen LogP contribution in [0.25, 0.3) is 0 Å². The summed E-state index contributed by atoms with van der Waals surface area (Å²) >= 11 is 5.58. The number of benzene rings is 1. The van der Waals surface area contributed by atoms with Crippen LogP contribution in [0.3, 0.4) is 0 Å². The fourth-order valence-corrected chi connectivity index (χ4v) is 3.04. The Bertz CT molecular complexity index is 525. The van der Waals surface area contributed by atoms with Gasteiger partial charge in [0.05, 0.1) is 18.1 Å². The molecule has 3 rings (SSSR count). The number of hydrogen-bond acceptors (Lipinski definition) is 2. The summed E-state index contributed by atoms with van der Waals surface area (Å²) in [5.41, 5.74) is 1.08. The third-order valence-corrected chi connectivity index (χ3v) is 4.28. The van der Waals surface area contributed by atoms with Gasteiger partial charge in [0.2, 0.25) is 0 Å². The van der Waals surface area contributed by atoms with Gasteiger partial charge in [-0.1, -0.05) is 17.9 Å². The molecule has 2 nitrogen and oxygen atoms in total. The highest BCUT2D eigenvalue weighted by molar-refractivity contribution is 6.19. The van der Waals surface area contributed by atoms with Gasteiger partial charge in [0.25, 0.3) is 0 Å². The van der Waals surface area contributed by atoms with Gasteiger partial charge in [0.15, 0.2) is 0 Å². The topological polar surface area (TPSA) is 18.5 Å². The number of hydrogen-bond donors (Lipinski definition) is 0. The van der Waals surface area contributed by atoms with Crippen LogP contribution in [-0.4, -0.2) is 24.2 Å². The zero-order valence-corrected chi connectivity index (χ0v) is 12.3. The molecular formula is C17H19ClO2. The molecule has 1 aromatic carbocycles. The molecule has 1 aliphatic carbocycles. The molecule has 1 spiro atoms. The highest BCUT2D eigenvalue weighted by Gasteiger charge is 2.43. The second kappa shape index (κ2) is 6.08. The molecule has 0 bridgehead atoms. The van der Waals surface area contributed by atoms with Gasteiger partial charge in [0, 0.05) is 18.4 Å². The van der Waals surface area contributed by atoms with E-state index >= 15 is 0 Å².